The molecule has 0 fully saturated rings. The Morgan fingerprint density at radius 1 is 0.436 bits per heavy atom. The Labute approximate surface area is 454 Å². The summed E-state index contributed by atoms with van der Waals surface area (Å²) < 4.78 is 8.88. The van der Waals surface area contributed by atoms with E-state index in [1.54, 1.807) is 0 Å². The molecule has 0 aliphatic heterocycles. The van der Waals surface area contributed by atoms with Crippen LogP contribution in [0.15, 0.2) is 235 Å². The van der Waals surface area contributed by atoms with Crippen LogP contribution < -0.4 is 0 Å². The number of hydrogen-bond acceptors (Lipinski definition) is 4. The molecular weight excluding hydrogens is 949 g/mol. The lowest BCUT2D eigenvalue weighted by molar-refractivity contribution is 0.603. The zero-order valence-corrected chi connectivity index (χ0v) is 44.0. The first-order chi connectivity index (χ1) is 38.4. The quantitative estimate of drug-likeness (QED) is 0.160. The number of benzene rings is 10. The molecule has 0 saturated heterocycles. The number of allylic oxidation sites excluding steroid dienone is 2. The normalized spacial score (nSPS) is 13.1. The van der Waals surface area contributed by atoms with Crippen LogP contribution >= 0.6 is 0 Å². The van der Waals surface area contributed by atoms with Crippen molar-refractivity contribution in [3.05, 3.63) is 253 Å². The number of hydrogen-bond donors (Lipinski definition) is 0. The topological polar surface area (TPSA) is 56.7 Å². The van der Waals surface area contributed by atoms with Gasteiger partial charge in [0.15, 0.2) is 17.5 Å². The summed E-state index contributed by atoms with van der Waals surface area (Å²) in [6.45, 7) is 8.71. The summed E-state index contributed by atoms with van der Waals surface area (Å²) in [7, 11) is 0. The summed E-state index contributed by atoms with van der Waals surface area (Å²) in [6.07, 6.45) is 9.38. The molecule has 0 unspecified atom stereocenters. The zero-order chi connectivity index (χ0) is 52.5. The highest BCUT2D eigenvalue weighted by atomic mass is 16.3. The van der Waals surface area contributed by atoms with Crippen molar-refractivity contribution < 1.29 is 4.42 Å². The molecule has 0 bridgehead atoms. The fraction of sp³-hybridized carbons (Fsp3) is 0.0822. The van der Waals surface area contributed by atoms with Gasteiger partial charge in [0.2, 0.25) is 0 Å². The fourth-order valence-electron chi connectivity index (χ4n) is 12.2. The van der Waals surface area contributed by atoms with Crippen LogP contribution in [0.1, 0.15) is 56.6 Å². The Morgan fingerprint density at radius 3 is 1.87 bits per heavy atom. The summed E-state index contributed by atoms with van der Waals surface area (Å²) in [5.74, 6) is 2.65. The predicted octanol–water partition coefficient (Wildman–Crippen LogP) is 19.6. The summed E-state index contributed by atoms with van der Waals surface area (Å²) in [4.78, 5) is 15.4. The highest BCUT2D eigenvalue weighted by molar-refractivity contribution is 6.23. The molecule has 3 heterocycles. The molecule has 0 amide bonds. The molecule has 2 aliphatic rings. The van der Waals surface area contributed by atoms with E-state index in [0.29, 0.717) is 17.5 Å². The second-order valence-corrected chi connectivity index (χ2v) is 20.6. The van der Waals surface area contributed by atoms with Gasteiger partial charge in [-0.05, 0) is 116 Å². The highest BCUT2D eigenvalue weighted by Crippen LogP contribution is 2.52. The van der Waals surface area contributed by atoms with Crippen LogP contribution in [-0.4, -0.2) is 19.5 Å². The van der Waals surface area contributed by atoms with Gasteiger partial charge in [0.1, 0.15) is 11.3 Å². The van der Waals surface area contributed by atoms with E-state index in [-0.39, 0.29) is 5.41 Å². The van der Waals surface area contributed by atoms with Crippen LogP contribution in [0.3, 0.4) is 0 Å². The van der Waals surface area contributed by atoms with Crippen LogP contribution in [0.5, 0.6) is 0 Å². The average molecular weight is 1000 g/mol. The van der Waals surface area contributed by atoms with Gasteiger partial charge in [0.25, 0.3) is 0 Å². The highest BCUT2D eigenvalue weighted by Gasteiger charge is 2.36. The first kappa shape index (κ1) is 46.8. The largest absolute Gasteiger partial charge is 0.456 e. The van der Waals surface area contributed by atoms with E-state index in [1.807, 2.05) is 44.2 Å². The third-order valence-electron chi connectivity index (χ3n) is 15.8. The molecule has 0 N–H and O–H groups in total. The van der Waals surface area contributed by atoms with E-state index in [9.17, 15) is 0 Å². The third kappa shape index (κ3) is 7.64. The lowest BCUT2D eigenvalue weighted by atomic mass is 9.82. The molecule has 5 nitrogen and oxygen atoms in total. The van der Waals surface area contributed by atoms with E-state index < -0.39 is 0 Å². The van der Waals surface area contributed by atoms with Crippen LogP contribution in [0, 0.1) is 0 Å². The maximum Gasteiger partial charge on any atom is 0.164 e. The minimum Gasteiger partial charge on any atom is -0.456 e. The van der Waals surface area contributed by atoms with E-state index in [2.05, 4.69) is 231 Å². The van der Waals surface area contributed by atoms with Crippen molar-refractivity contribution in [1.29, 1.82) is 0 Å². The smallest absolute Gasteiger partial charge is 0.164 e. The molecule has 0 atom stereocenters. The van der Waals surface area contributed by atoms with Crippen molar-refractivity contribution in [1.82, 2.24) is 19.5 Å². The Kier molecular flexibility index (Phi) is 11.3. The third-order valence-corrected chi connectivity index (χ3v) is 15.8. The van der Waals surface area contributed by atoms with E-state index in [0.717, 1.165) is 67.7 Å². The number of furan rings is 1. The minimum absolute atomic E-state index is 0.0834. The molecule has 0 radical (unpaired) electrons. The van der Waals surface area contributed by atoms with Gasteiger partial charge < -0.3 is 8.98 Å². The summed E-state index contributed by atoms with van der Waals surface area (Å²) >= 11 is 0. The lowest BCUT2D eigenvalue weighted by Gasteiger charge is -2.21. The Bertz CT molecular complexity index is 4590. The molecule has 0 saturated carbocycles. The van der Waals surface area contributed by atoms with Gasteiger partial charge in [-0.25, -0.2) is 15.0 Å². The molecule has 2 aliphatic carbocycles. The molecule has 5 heteroatoms. The lowest BCUT2D eigenvalue weighted by Crippen LogP contribution is -2.14. The van der Waals surface area contributed by atoms with E-state index in [4.69, 9.17) is 19.4 Å². The predicted molar refractivity (Wildman–Crippen MR) is 326 cm³/mol. The van der Waals surface area contributed by atoms with Crippen LogP contribution in [0.25, 0.3) is 140 Å². The maximum absolute atomic E-state index is 6.40. The van der Waals surface area contributed by atoms with Crippen molar-refractivity contribution in [2.24, 2.45) is 0 Å². The van der Waals surface area contributed by atoms with E-state index >= 15 is 0 Å². The molecule has 10 aromatic carbocycles. The Morgan fingerprint density at radius 2 is 1.03 bits per heavy atom. The minimum atomic E-state index is -0.0834. The van der Waals surface area contributed by atoms with Crippen molar-refractivity contribution >= 4 is 55.7 Å². The molecule has 15 rings (SSSR count). The van der Waals surface area contributed by atoms with Gasteiger partial charge in [0.05, 0.1) is 11.0 Å². The second kappa shape index (κ2) is 18.8. The van der Waals surface area contributed by atoms with Gasteiger partial charge in [0, 0.05) is 55.1 Å². The van der Waals surface area contributed by atoms with Gasteiger partial charge in [-0.1, -0.05) is 222 Å². The number of para-hydroxylation sites is 1. The second-order valence-electron chi connectivity index (χ2n) is 20.6. The maximum atomic E-state index is 6.40. The molecule has 78 heavy (non-hydrogen) atoms. The van der Waals surface area contributed by atoms with Gasteiger partial charge >= 0.3 is 0 Å². The van der Waals surface area contributed by atoms with Crippen molar-refractivity contribution in [3.63, 3.8) is 0 Å². The number of fused-ring (bicyclic) bond motifs is 11. The van der Waals surface area contributed by atoms with Gasteiger partial charge in [-0.3, -0.25) is 0 Å². The van der Waals surface area contributed by atoms with Crippen LogP contribution in [0.2, 0.25) is 0 Å². The van der Waals surface area contributed by atoms with Crippen LogP contribution in [0.4, 0.5) is 0 Å². The molecule has 372 valence electrons. The van der Waals surface area contributed by atoms with E-state index in [1.165, 1.54) is 71.6 Å². The molecule has 3 aromatic heterocycles. The summed E-state index contributed by atoms with van der Waals surface area (Å²) in [5, 5.41) is 5.98. The molecule has 0 spiro atoms. The SMILES string of the molecule is CC.CC1(C)c2ccccc2-c2c(-c3cccc(-c4cccc5c6c7ccccc7ccc6n(-c6cccc(-c7cccc(-c8nc(-c9ccccc9)nc(-c9ccc%10c%11c(oc%10c9)C=CCC=C%11)n8)c7)c6)c45)c3)cccc21. The van der Waals surface area contributed by atoms with Crippen molar-refractivity contribution in [2.45, 2.75) is 39.5 Å². The Balaban J connectivity index is 0.00000273. The average Bonchev–Trinajstić information content (AvgIpc) is 4.17. The van der Waals surface area contributed by atoms with Crippen LogP contribution in [-0.2, 0) is 5.41 Å². The first-order valence-corrected chi connectivity index (χ1v) is 27.1. The van der Waals surface area contributed by atoms with Crippen molar-refractivity contribution in [3.8, 4) is 84.4 Å². The monoisotopic (exact) mass is 1000 g/mol. The standard InChI is InChI=1S/C71H48N4O.C2H6/c1-71(2)60-33-12-11-29-58(60)65-54(30-17-34-61(65)71)48-23-14-24-49(41-48)55-31-16-32-59-66-53-27-10-9-18-44(53)37-39-62(66)75(67(55)59)52-26-15-22-47(42-52)46-21-13-25-50(40-46)69-72-68(45-19-5-3-6-20-45)73-70(74-69)51-36-38-57-56-28-7-4-8-35-63(56)76-64(57)43-51;1-2/h3,5-43H,4H2,1-2H3;1-2H3. The number of aromatic nitrogens is 4. The fourth-order valence-corrected chi connectivity index (χ4v) is 12.2. The van der Waals surface area contributed by atoms with Gasteiger partial charge in [-0.15, -0.1) is 0 Å². The summed E-state index contributed by atoms with van der Waals surface area (Å²) in [5.41, 5.74) is 20.2. The summed E-state index contributed by atoms with van der Waals surface area (Å²) in [6, 6.07) is 79.0. The molecular formula is C73H54N4O. The number of nitrogens with zero attached hydrogens (tertiary/aromatic N) is 4. The molecule has 13 aromatic rings. The first-order valence-electron chi connectivity index (χ1n) is 27.1. The number of rotatable bonds is 7. The van der Waals surface area contributed by atoms with Gasteiger partial charge in [-0.2, -0.15) is 0 Å². The van der Waals surface area contributed by atoms with Crippen molar-refractivity contribution in [2.75, 3.05) is 0 Å². The zero-order valence-electron chi connectivity index (χ0n) is 44.0. The Hall–Kier alpha value is -9.71.